The summed E-state index contributed by atoms with van der Waals surface area (Å²) < 4.78 is 0. The van der Waals surface area contributed by atoms with E-state index in [4.69, 9.17) is 0 Å². The fraction of sp³-hybridized carbons (Fsp3) is 0.444. The summed E-state index contributed by atoms with van der Waals surface area (Å²) in [4.78, 5) is 18.3. The van der Waals surface area contributed by atoms with Gasteiger partial charge in [-0.1, -0.05) is 12.1 Å². The highest BCUT2D eigenvalue weighted by Gasteiger charge is 2.24. The van der Waals surface area contributed by atoms with Gasteiger partial charge in [0.2, 0.25) is 0 Å². The number of Topliss-reactive ketones (excluding diaryl/α,β-unsaturated/α-hetero) is 1. The van der Waals surface area contributed by atoms with Crippen molar-refractivity contribution in [3.8, 4) is 0 Å². The quantitative estimate of drug-likeness (QED) is 0.845. The molecule has 108 valence electrons. The van der Waals surface area contributed by atoms with Crippen LogP contribution in [0.1, 0.15) is 31.2 Å². The molecule has 1 fully saturated rings. The number of hydrogen-bond acceptors (Lipinski definition) is 3. The predicted molar refractivity (Wildman–Crippen MR) is 84.6 cm³/mol. The molecule has 1 aliphatic carbocycles. The Balaban J connectivity index is 1.63. The van der Waals surface area contributed by atoms with Crippen molar-refractivity contribution in [1.82, 2.24) is 4.98 Å². The molecule has 2 aliphatic rings. The number of nitrogens with zero attached hydrogens (tertiary/aromatic N) is 2. The van der Waals surface area contributed by atoms with Gasteiger partial charge in [-0.15, -0.1) is 0 Å². The number of carbonyl (C=O) groups is 1. The van der Waals surface area contributed by atoms with Gasteiger partial charge < -0.3 is 4.90 Å². The topological polar surface area (TPSA) is 33.2 Å². The molecule has 0 atom stereocenters. The molecule has 0 radical (unpaired) electrons. The first-order valence-electron chi connectivity index (χ1n) is 7.93. The zero-order valence-corrected chi connectivity index (χ0v) is 12.2. The summed E-state index contributed by atoms with van der Waals surface area (Å²) in [6.07, 6.45) is 8.75. The van der Waals surface area contributed by atoms with Gasteiger partial charge in [-0.05, 0) is 36.8 Å². The first-order chi connectivity index (χ1) is 10.3. The van der Waals surface area contributed by atoms with Gasteiger partial charge in [0.1, 0.15) is 5.78 Å². The fourth-order valence-corrected chi connectivity index (χ4v) is 3.80. The summed E-state index contributed by atoms with van der Waals surface area (Å²) in [6, 6.07) is 6.52. The van der Waals surface area contributed by atoms with E-state index >= 15 is 0 Å². The minimum Gasteiger partial charge on any atom is -0.370 e. The lowest BCUT2D eigenvalue weighted by Gasteiger charge is -2.35. The van der Waals surface area contributed by atoms with E-state index in [0.717, 1.165) is 45.2 Å². The van der Waals surface area contributed by atoms with E-state index in [0.29, 0.717) is 11.7 Å². The summed E-state index contributed by atoms with van der Waals surface area (Å²) in [5.41, 5.74) is 2.73. The summed E-state index contributed by atoms with van der Waals surface area (Å²) in [6.45, 7) is 2.16. The number of rotatable bonds is 2. The van der Waals surface area contributed by atoms with Gasteiger partial charge in [-0.2, -0.15) is 0 Å². The lowest BCUT2D eigenvalue weighted by atomic mass is 9.87. The smallest absolute Gasteiger partial charge is 0.132 e. The number of anilines is 1. The van der Waals surface area contributed by atoms with Crippen LogP contribution in [0.3, 0.4) is 0 Å². The van der Waals surface area contributed by atoms with Crippen molar-refractivity contribution in [3.63, 3.8) is 0 Å². The second-order valence-corrected chi connectivity index (χ2v) is 6.35. The SMILES string of the molecule is O=C1CCC(CN2CCc3cncc4cccc2c34)CC1. The number of pyridine rings is 1. The molecule has 0 unspecified atom stereocenters. The number of carbonyl (C=O) groups excluding carboxylic acids is 1. The van der Waals surface area contributed by atoms with Crippen LogP contribution in [0.15, 0.2) is 30.6 Å². The second-order valence-electron chi connectivity index (χ2n) is 6.35. The van der Waals surface area contributed by atoms with Crippen LogP contribution >= 0.6 is 0 Å². The Labute approximate surface area is 125 Å². The molecule has 3 heteroatoms. The van der Waals surface area contributed by atoms with Crippen molar-refractivity contribution in [2.24, 2.45) is 5.92 Å². The molecule has 1 aromatic heterocycles. The van der Waals surface area contributed by atoms with E-state index in [2.05, 4.69) is 28.1 Å². The van der Waals surface area contributed by atoms with Gasteiger partial charge in [-0.25, -0.2) is 0 Å². The average Bonchev–Trinajstić information content (AvgIpc) is 2.52. The highest BCUT2D eigenvalue weighted by atomic mass is 16.1. The molecule has 1 aromatic carbocycles. The fourth-order valence-electron chi connectivity index (χ4n) is 3.80. The first-order valence-corrected chi connectivity index (χ1v) is 7.93. The number of benzene rings is 1. The average molecular weight is 280 g/mol. The standard InChI is InChI=1S/C18H20N2O/c21-16-6-4-13(5-7-16)12-20-9-8-15-11-19-10-14-2-1-3-17(20)18(14)15/h1-3,10-11,13H,4-9,12H2. The number of ketones is 1. The molecule has 0 bridgehead atoms. The molecular formula is C18H20N2O. The van der Waals surface area contributed by atoms with E-state index < -0.39 is 0 Å². The van der Waals surface area contributed by atoms with Crippen molar-refractivity contribution in [2.45, 2.75) is 32.1 Å². The third kappa shape index (κ3) is 2.31. The minimum absolute atomic E-state index is 0.448. The van der Waals surface area contributed by atoms with Crippen molar-refractivity contribution < 1.29 is 4.79 Å². The van der Waals surface area contributed by atoms with Crippen LogP contribution in [0.4, 0.5) is 5.69 Å². The summed E-state index contributed by atoms with van der Waals surface area (Å²) in [5.74, 6) is 1.12. The van der Waals surface area contributed by atoms with Gasteiger partial charge in [-0.3, -0.25) is 9.78 Å². The van der Waals surface area contributed by atoms with Gasteiger partial charge in [0.05, 0.1) is 0 Å². The normalized spacial score (nSPS) is 19.2. The van der Waals surface area contributed by atoms with E-state index in [1.54, 1.807) is 0 Å². The molecule has 3 nitrogen and oxygen atoms in total. The van der Waals surface area contributed by atoms with E-state index in [-0.39, 0.29) is 0 Å². The van der Waals surface area contributed by atoms with Crippen LogP contribution in [0.25, 0.3) is 10.8 Å². The maximum Gasteiger partial charge on any atom is 0.132 e. The van der Waals surface area contributed by atoms with Crippen molar-refractivity contribution >= 4 is 22.2 Å². The summed E-state index contributed by atoms with van der Waals surface area (Å²) >= 11 is 0. The number of aromatic nitrogens is 1. The Hall–Kier alpha value is -1.90. The van der Waals surface area contributed by atoms with Gasteiger partial charge in [0.15, 0.2) is 0 Å². The van der Waals surface area contributed by atoms with Crippen LogP contribution < -0.4 is 4.90 Å². The third-order valence-corrected chi connectivity index (χ3v) is 4.97. The summed E-state index contributed by atoms with van der Waals surface area (Å²) in [5, 5.41) is 2.62. The molecule has 0 saturated heterocycles. The molecule has 0 spiro atoms. The lowest BCUT2D eigenvalue weighted by Crippen LogP contribution is -2.35. The molecule has 4 rings (SSSR count). The van der Waals surface area contributed by atoms with Gasteiger partial charge in [0.25, 0.3) is 0 Å². The Morgan fingerprint density at radius 1 is 1.14 bits per heavy atom. The molecule has 0 amide bonds. The molecule has 1 aliphatic heterocycles. The predicted octanol–water partition coefficient (Wildman–Crippen LogP) is 3.36. The molecule has 1 saturated carbocycles. The minimum atomic E-state index is 0.448. The van der Waals surface area contributed by atoms with E-state index in [9.17, 15) is 4.79 Å². The summed E-state index contributed by atoms with van der Waals surface area (Å²) in [7, 11) is 0. The molecule has 21 heavy (non-hydrogen) atoms. The third-order valence-electron chi connectivity index (χ3n) is 4.97. The zero-order valence-electron chi connectivity index (χ0n) is 12.2. The Morgan fingerprint density at radius 3 is 2.86 bits per heavy atom. The monoisotopic (exact) mass is 280 g/mol. The largest absolute Gasteiger partial charge is 0.370 e. The first kappa shape index (κ1) is 12.8. The molecule has 0 N–H and O–H groups in total. The van der Waals surface area contributed by atoms with Gasteiger partial charge >= 0.3 is 0 Å². The molecule has 2 aromatic rings. The van der Waals surface area contributed by atoms with Crippen molar-refractivity contribution in [1.29, 1.82) is 0 Å². The molecular weight excluding hydrogens is 260 g/mol. The van der Waals surface area contributed by atoms with Crippen LogP contribution in [-0.4, -0.2) is 23.9 Å². The van der Waals surface area contributed by atoms with Gasteiger partial charge in [0, 0.05) is 54.8 Å². The van der Waals surface area contributed by atoms with E-state index in [1.807, 2.05) is 12.4 Å². The van der Waals surface area contributed by atoms with Crippen molar-refractivity contribution in [2.75, 3.05) is 18.0 Å². The second kappa shape index (κ2) is 5.14. The Bertz CT molecular complexity index is 679. The maximum absolute atomic E-state index is 11.4. The Morgan fingerprint density at radius 2 is 2.00 bits per heavy atom. The maximum atomic E-state index is 11.4. The van der Waals surface area contributed by atoms with Crippen LogP contribution in [-0.2, 0) is 11.2 Å². The molecule has 2 heterocycles. The Kier molecular flexibility index (Phi) is 3.13. The lowest BCUT2D eigenvalue weighted by molar-refractivity contribution is -0.120. The highest BCUT2D eigenvalue weighted by Crippen LogP contribution is 2.35. The van der Waals surface area contributed by atoms with Crippen LogP contribution in [0.2, 0.25) is 0 Å². The van der Waals surface area contributed by atoms with E-state index in [1.165, 1.54) is 22.0 Å². The van der Waals surface area contributed by atoms with Crippen LogP contribution in [0.5, 0.6) is 0 Å². The van der Waals surface area contributed by atoms with Crippen molar-refractivity contribution in [3.05, 3.63) is 36.2 Å². The van der Waals surface area contributed by atoms with Crippen LogP contribution in [0, 0.1) is 5.92 Å². The number of hydrogen-bond donors (Lipinski definition) is 0. The zero-order chi connectivity index (χ0) is 14.2. The highest BCUT2D eigenvalue weighted by molar-refractivity contribution is 5.97.